The molecule has 0 aliphatic carbocycles. The number of unbranched alkanes of at least 4 members (excludes halogenated alkanes) is 1. The van der Waals surface area contributed by atoms with Gasteiger partial charge >= 0.3 is 6.18 Å². The molecule has 0 saturated carbocycles. The van der Waals surface area contributed by atoms with Gasteiger partial charge in [-0.15, -0.1) is 11.3 Å². The van der Waals surface area contributed by atoms with Gasteiger partial charge < -0.3 is 39.8 Å². The van der Waals surface area contributed by atoms with Crippen LogP contribution < -0.4 is 29.9 Å². The monoisotopic (exact) mass is 1050 g/mol. The molecule has 5 aromatic rings. The normalized spacial score (nSPS) is 17.0. The lowest BCUT2D eigenvalue weighted by atomic mass is 9.85. The number of rotatable bonds is 19. The zero-order valence-electron chi connectivity index (χ0n) is 41.8. The van der Waals surface area contributed by atoms with Gasteiger partial charge in [-0.05, 0) is 129 Å². The van der Waals surface area contributed by atoms with Crippen LogP contribution in [0.25, 0.3) is 10.4 Å². The lowest BCUT2D eigenvalue weighted by Gasteiger charge is -2.35. The van der Waals surface area contributed by atoms with Crippen molar-refractivity contribution >= 4 is 63.7 Å². The fourth-order valence-electron chi connectivity index (χ4n) is 8.66. The van der Waals surface area contributed by atoms with Crippen LogP contribution in [0, 0.1) is 23.7 Å². The Bertz CT molecular complexity index is 2880. The Labute approximate surface area is 437 Å². The number of nitrogens with one attached hydrogen (secondary N) is 2. The van der Waals surface area contributed by atoms with Crippen LogP contribution in [0.15, 0.2) is 96.5 Å². The Morgan fingerprint density at radius 1 is 0.919 bits per heavy atom. The smallest absolute Gasteiger partial charge is 0.417 e. The Hall–Kier alpha value is -6.92. The van der Waals surface area contributed by atoms with Crippen LogP contribution in [0.2, 0.25) is 0 Å². The highest BCUT2D eigenvalue weighted by Crippen LogP contribution is 2.40. The molecule has 4 aromatic carbocycles. The maximum absolute atomic E-state index is 14.1. The van der Waals surface area contributed by atoms with Crippen molar-refractivity contribution < 1.29 is 51.7 Å². The van der Waals surface area contributed by atoms with Crippen molar-refractivity contribution in [2.24, 2.45) is 5.41 Å². The van der Waals surface area contributed by atoms with E-state index in [4.69, 9.17) is 26.4 Å². The minimum atomic E-state index is -4.80. The Balaban J connectivity index is 0.811. The van der Waals surface area contributed by atoms with Gasteiger partial charge in [-0.25, -0.2) is 4.98 Å². The van der Waals surface area contributed by atoms with Crippen molar-refractivity contribution in [1.29, 1.82) is 5.26 Å². The molecule has 74 heavy (non-hydrogen) atoms. The number of aryl methyl sites for hydroxylation is 1. The molecule has 7 rings (SSSR count). The van der Waals surface area contributed by atoms with Crippen molar-refractivity contribution in [1.82, 2.24) is 20.5 Å². The van der Waals surface area contributed by atoms with Crippen molar-refractivity contribution in [2.75, 3.05) is 42.8 Å². The number of aliphatic hydroxyl groups excluding tert-OH is 1. The van der Waals surface area contributed by atoms with Gasteiger partial charge in [0.15, 0.2) is 5.11 Å². The lowest BCUT2D eigenvalue weighted by Crippen LogP contribution is -2.57. The van der Waals surface area contributed by atoms with E-state index in [0.717, 1.165) is 38.7 Å². The second-order valence-electron chi connectivity index (χ2n) is 19.5. The number of hydrogen-bond donors (Lipinski definition) is 3. The molecule has 4 amide bonds. The van der Waals surface area contributed by atoms with Crippen molar-refractivity contribution in [3.63, 3.8) is 0 Å². The number of carbonyl (C=O) groups excluding carboxylic acids is 4. The molecular weight excluding hydrogens is 996 g/mol. The van der Waals surface area contributed by atoms with Crippen LogP contribution in [-0.4, -0.2) is 100 Å². The third kappa shape index (κ3) is 12.7. The van der Waals surface area contributed by atoms with E-state index in [1.54, 1.807) is 90.2 Å². The number of thiazole rings is 1. The van der Waals surface area contributed by atoms with Gasteiger partial charge in [0.2, 0.25) is 11.8 Å². The van der Waals surface area contributed by atoms with Crippen LogP contribution >= 0.6 is 23.6 Å². The topological polar surface area (TPSA) is 187 Å². The molecule has 0 spiro atoms. The average Bonchev–Trinajstić information content (AvgIpc) is 4.03. The zero-order valence-corrected chi connectivity index (χ0v) is 43.5. The molecule has 0 bridgehead atoms. The first-order valence-electron chi connectivity index (χ1n) is 24.0. The third-order valence-corrected chi connectivity index (χ3v) is 14.0. The standard InChI is InChI=1S/C54H58F3N7O8S2/c1-33-45(74-32-60-33)35-11-9-34(10-12-35)30-59-48(67)44-28-40(65)31-62(44)49(68)46(52(2,3)4)61-47(66)36-14-19-41(20-15-36)72-26-25-70-23-7-8-24-71-42-21-17-38(18-22-42)64-51(73)63(50(69)53(64,5)6)39-16-13-37(29-58)43(27-39)54(55,56)57/h9-22,27,32,40,44,46,65H,7-8,23-26,28,30-31H2,1-6H3,(H,59,67)(H,61,66)/t40-,44+,46?/m1/s1. The van der Waals surface area contributed by atoms with Gasteiger partial charge in [0.05, 0.1) is 58.3 Å². The van der Waals surface area contributed by atoms with Crippen LogP contribution in [-0.2, 0) is 31.8 Å². The van der Waals surface area contributed by atoms with Crippen LogP contribution in [0.4, 0.5) is 24.5 Å². The fourth-order valence-corrected chi connectivity index (χ4v) is 10.00. The molecule has 3 atom stereocenters. The number of aromatic nitrogens is 1. The number of thiocarbonyl (C=S) groups is 1. The molecule has 2 fully saturated rings. The van der Waals surface area contributed by atoms with E-state index in [1.165, 1.54) is 11.0 Å². The summed E-state index contributed by atoms with van der Waals surface area (Å²) in [6.07, 6.45) is -4.24. The summed E-state index contributed by atoms with van der Waals surface area (Å²) < 4.78 is 58.6. The first-order valence-corrected chi connectivity index (χ1v) is 25.3. The maximum Gasteiger partial charge on any atom is 0.417 e. The molecule has 3 heterocycles. The predicted molar refractivity (Wildman–Crippen MR) is 278 cm³/mol. The summed E-state index contributed by atoms with van der Waals surface area (Å²) in [5.74, 6) is -0.773. The summed E-state index contributed by atoms with van der Waals surface area (Å²) in [7, 11) is 0. The number of likely N-dealkylation sites (tertiary alicyclic amines) is 1. The predicted octanol–water partition coefficient (Wildman–Crippen LogP) is 8.60. The summed E-state index contributed by atoms with van der Waals surface area (Å²) in [5, 5.41) is 25.6. The van der Waals surface area contributed by atoms with Gasteiger partial charge in [-0.2, -0.15) is 18.4 Å². The Morgan fingerprint density at radius 3 is 2.18 bits per heavy atom. The average molecular weight is 1050 g/mol. The number of anilines is 2. The molecule has 2 aliphatic heterocycles. The summed E-state index contributed by atoms with van der Waals surface area (Å²) in [6.45, 7) is 12.3. The summed E-state index contributed by atoms with van der Waals surface area (Å²) in [5.41, 5.74) is 1.74. The van der Waals surface area contributed by atoms with E-state index in [9.17, 15) is 42.7 Å². The van der Waals surface area contributed by atoms with Crippen molar-refractivity contribution in [3.05, 3.63) is 124 Å². The molecule has 20 heteroatoms. The second kappa shape index (κ2) is 23.1. The highest BCUT2D eigenvalue weighted by molar-refractivity contribution is 7.81. The van der Waals surface area contributed by atoms with Gasteiger partial charge in [0, 0.05) is 37.4 Å². The quantitative estimate of drug-likeness (QED) is 0.0529. The van der Waals surface area contributed by atoms with E-state index in [1.807, 2.05) is 52.0 Å². The number of carbonyl (C=O) groups is 4. The minimum absolute atomic E-state index is 0.00599. The number of amides is 4. The zero-order chi connectivity index (χ0) is 53.5. The third-order valence-electron chi connectivity index (χ3n) is 12.7. The number of nitrogens with zero attached hydrogens (tertiary/aromatic N) is 5. The first kappa shape index (κ1) is 54.8. The number of hydrogen-bond acceptors (Lipinski definition) is 12. The number of benzene rings is 4. The van der Waals surface area contributed by atoms with Gasteiger partial charge in [-0.1, -0.05) is 45.0 Å². The molecule has 0 radical (unpaired) electrons. The second-order valence-corrected chi connectivity index (χ2v) is 20.8. The SMILES string of the molecule is Cc1ncsc1-c1ccc(CNC(=O)[C@@H]2C[C@@H](O)CN2C(=O)C(NC(=O)c2ccc(OCCOCCCCOc3ccc(N4C(=S)N(c5ccc(C#N)c(C(F)(F)F)c5)C(=O)C4(C)C)cc3)cc2)C(C)(C)C)cc1. The van der Waals surface area contributed by atoms with Gasteiger partial charge in [0.25, 0.3) is 11.8 Å². The lowest BCUT2D eigenvalue weighted by molar-refractivity contribution is -0.142. The molecule has 1 unspecified atom stereocenters. The van der Waals surface area contributed by atoms with Crippen LogP contribution in [0.3, 0.4) is 0 Å². The van der Waals surface area contributed by atoms with E-state index in [0.29, 0.717) is 55.4 Å². The van der Waals surface area contributed by atoms with E-state index >= 15 is 0 Å². The molecule has 1 aromatic heterocycles. The Morgan fingerprint density at radius 2 is 1.55 bits per heavy atom. The molecule has 15 nitrogen and oxygen atoms in total. The van der Waals surface area contributed by atoms with E-state index in [-0.39, 0.29) is 36.9 Å². The summed E-state index contributed by atoms with van der Waals surface area (Å²) in [4.78, 5) is 64.1. The minimum Gasteiger partial charge on any atom is -0.494 e. The van der Waals surface area contributed by atoms with Crippen molar-refractivity contribution in [3.8, 4) is 28.0 Å². The van der Waals surface area contributed by atoms with Gasteiger partial charge in [-0.3, -0.25) is 24.1 Å². The first-order chi connectivity index (χ1) is 35.1. The highest BCUT2D eigenvalue weighted by Gasteiger charge is 2.51. The molecular formula is C54H58F3N7O8S2. The molecule has 2 aliphatic rings. The largest absolute Gasteiger partial charge is 0.494 e. The van der Waals surface area contributed by atoms with E-state index in [2.05, 4.69) is 15.6 Å². The number of ether oxygens (including phenoxy) is 3. The number of nitriles is 1. The van der Waals surface area contributed by atoms with Crippen LogP contribution in [0.1, 0.15) is 86.6 Å². The summed E-state index contributed by atoms with van der Waals surface area (Å²) >= 11 is 7.19. The number of halogens is 3. The summed E-state index contributed by atoms with van der Waals surface area (Å²) in [6, 6.07) is 23.9. The molecule has 390 valence electrons. The fraction of sp³-hybridized carbons (Fsp3) is 0.389. The molecule has 2 saturated heterocycles. The number of aliphatic hydroxyl groups is 1. The van der Waals surface area contributed by atoms with Crippen LogP contribution in [0.5, 0.6) is 11.5 Å². The van der Waals surface area contributed by atoms with Crippen molar-refractivity contribution in [2.45, 2.75) is 97.3 Å². The number of alkyl halides is 3. The number of β-amino-alcohol motifs (C(OH)–C–C–N with tert-alkyl or cyclic N) is 1. The molecule has 3 N–H and O–H groups in total. The van der Waals surface area contributed by atoms with E-state index < -0.39 is 70.1 Å². The highest BCUT2D eigenvalue weighted by atomic mass is 32.1. The van der Waals surface area contributed by atoms with Gasteiger partial charge in [0.1, 0.15) is 35.7 Å². The Kier molecular flexibility index (Phi) is 17.1. The maximum atomic E-state index is 14.1.